The van der Waals surface area contributed by atoms with Crippen LogP contribution in [0.5, 0.6) is 0 Å². The molecule has 1 unspecified atom stereocenters. The molecule has 0 spiro atoms. The first-order valence-corrected chi connectivity index (χ1v) is 10.1. The Morgan fingerprint density at radius 3 is 1.68 bits per heavy atom. The molecule has 0 amide bonds. The summed E-state index contributed by atoms with van der Waals surface area (Å²) in [5.74, 6) is -0.219. The van der Waals surface area contributed by atoms with E-state index < -0.39 is 10.1 Å². The van der Waals surface area contributed by atoms with Crippen molar-refractivity contribution in [1.82, 2.24) is 0 Å². The smallest absolute Gasteiger partial charge is 0.748 e. The van der Waals surface area contributed by atoms with Crippen LogP contribution in [-0.2, 0) is 10.1 Å². The van der Waals surface area contributed by atoms with Gasteiger partial charge in [0.1, 0.15) is 0 Å². The minimum atomic E-state index is -4.02. The van der Waals surface area contributed by atoms with Crippen LogP contribution in [0.3, 0.4) is 0 Å². The Bertz CT molecular complexity index is 320. The molecule has 0 radical (unpaired) electrons. The van der Waals surface area contributed by atoms with E-state index in [0.29, 0.717) is 6.42 Å². The zero-order valence-electron chi connectivity index (χ0n) is 14.6. The third kappa shape index (κ3) is 20.9. The molecule has 1 N–H and O–H groups in total. The monoisotopic (exact) mass is 344 g/mol. The molecule has 0 aromatic rings. The number of rotatable bonds is 15. The summed E-state index contributed by atoms with van der Waals surface area (Å²) >= 11 is 0. The van der Waals surface area contributed by atoms with E-state index in [2.05, 4.69) is 6.92 Å². The van der Waals surface area contributed by atoms with E-state index in [4.69, 9.17) is 0 Å². The van der Waals surface area contributed by atoms with Crippen LogP contribution < -0.4 is 29.6 Å². The van der Waals surface area contributed by atoms with Gasteiger partial charge in [-0.15, -0.1) is 0 Å². The van der Waals surface area contributed by atoms with Gasteiger partial charge in [0.05, 0.1) is 16.2 Å². The van der Waals surface area contributed by atoms with E-state index >= 15 is 0 Å². The van der Waals surface area contributed by atoms with E-state index in [9.17, 15) is 18.1 Å². The van der Waals surface area contributed by atoms with Gasteiger partial charge in [0, 0.05) is 5.75 Å². The first-order valence-electron chi connectivity index (χ1n) is 8.57. The quantitative estimate of drug-likeness (QED) is 0.273. The molecule has 6 heteroatoms. The minimum Gasteiger partial charge on any atom is -0.748 e. The van der Waals surface area contributed by atoms with Crippen LogP contribution in [0.4, 0.5) is 0 Å². The van der Waals surface area contributed by atoms with Crippen molar-refractivity contribution >= 4 is 10.1 Å². The van der Waals surface area contributed by atoms with Gasteiger partial charge in [-0.25, -0.2) is 8.42 Å². The predicted octanol–water partition coefficient (Wildman–Crippen LogP) is 0.988. The molecule has 0 heterocycles. The molecule has 128 valence electrons. The Morgan fingerprint density at radius 1 is 0.818 bits per heavy atom. The van der Waals surface area contributed by atoms with Crippen LogP contribution in [0.15, 0.2) is 0 Å². The molecular formula is C16H33NaO4S. The zero-order chi connectivity index (χ0) is 16.0. The molecule has 0 fully saturated rings. The van der Waals surface area contributed by atoms with Crippen molar-refractivity contribution < 1.29 is 47.6 Å². The molecule has 0 aromatic heterocycles. The molecule has 0 aromatic carbocycles. The van der Waals surface area contributed by atoms with Gasteiger partial charge >= 0.3 is 29.6 Å². The van der Waals surface area contributed by atoms with Gasteiger partial charge in [0.15, 0.2) is 0 Å². The predicted molar refractivity (Wildman–Crippen MR) is 86.3 cm³/mol. The summed E-state index contributed by atoms with van der Waals surface area (Å²) in [5.41, 5.74) is 0. The van der Waals surface area contributed by atoms with E-state index in [1.807, 2.05) is 0 Å². The first kappa shape index (κ1) is 25.1. The summed E-state index contributed by atoms with van der Waals surface area (Å²) in [6, 6.07) is 0. The van der Waals surface area contributed by atoms with Gasteiger partial charge in [-0.2, -0.15) is 0 Å². The van der Waals surface area contributed by atoms with Crippen LogP contribution in [-0.4, -0.2) is 29.9 Å². The fourth-order valence-electron chi connectivity index (χ4n) is 2.49. The van der Waals surface area contributed by atoms with E-state index in [1.54, 1.807) is 0 Å². The summed E-state index contributed by atoms with van der Waals surface area (Å²) in [6.45, 7) is 2.17. The molecule has 0 bridgehead atoms. The maximum atomic E-state index is 10.4. The molecule has 0 saturated heterocycles. The van der Waals surface area contributed by atoms with Crippen LogP contribution in [0.2, 0.25) is 0 Å². The minimum absolute atomic E-state index is 0. The van der Waals surface area contributed by atoms with Crippen LogP contribution in [0, 0.1) is 0 Å². The van der Waals surface area contributed by atoms with Crippen molar-refractivity contribution in [3.05, 3.63) is 0 Å². The second-order valence-electron chi connectivity index (χ2n) is 6.03. The normalized spacial score (nSPS) is 12.9. The zero-order valence-corrected chi connectivity index (χ0v) is 17.4. The maximum Gasteiger partial charge on any atom is 1.00 e. The topological polar surface area (TPSA) is 77.4 Å². The number of hydrogen-bond donors (Lipinski definition) is 1. The summed E-state index contributed by atoms with van der Waals surface area (Å²) < 4.78 is 31.2. The van der Waals surface area contributed by atoms with Crippen molar-refractivity contribution in [2.75, 3.05) is 5.75 Å². The summed E-state index contributed by atoms with van der Waals surface area (Å²) in [5, 5.41) is 9.77. The van der Waals surface area contributed by atoms with Gasteiger partial charge in [0.2, 0.25) is 0 Å². The van der Waals surface area contributed by atoms with Crippen molar-refractivity contribution in [3.8, 4) is 0 Å². The number of hydrogen-bond acceptors (Lipinski definition) is 4. The average molecular weight is 344 g/mol. The van der Waals surface area contributed by atoms with Gasteiger partial charge in [-0.05, 0) is 19.3 Å². The van der Waals surface area contributed by atoms with Crippen LogP contribution in [0.25, 0.3) is 0 Å². The molecule has 4 nitrogen and oxygen atoms in total. The Kier molecular flexibility index (Phi) is 19.1. The fourth-order valence-corrected chi connectivity index (χ4v) is 3.05. The summed E-state index contributed by atoms with van der Waals surface area (Å²) in [7, 11) is -4.02. The Balaban J connectivity index is 0. The maximum absolute atomic E-state index is 10.4. The largest absolute Gasteiger partial charge is 1.00 e. The molecule has 0 aliphatic carbocycles. The molecular weight excluding hydrogens is 311 g/mol. The standard InChI is InChI=1S/C16H34O4S.Na/c1-2-3-10-13-16(17)14-11-8-6-4-5-7-9-12-15-21(18,19)20;/h16-17H,2-15H2,1H3,(H,18,19,20);/q;+1/p-1. The Labute approximate surface area is 159 Å². The number of unbranched alkanes of at least 4 members (excludes halogenated alkanes) is 9. The van der Waals surface area contributed by atoms with Gasteiger partial charge in [0.25, 0.3) is 0 Å². The second kappa shape index (κ2) is 16.7. The Morgan fingerprint density at radius 2 is 1.23 bits per heavy atom. The fraction of sp³-hybridized carbons (Fsp3) is 1.00. The van der Waals surface area contributed by atoms with Crippen LogP contribution in [0.1, 0.15) is 90.4 Å². The average Bonchev–Trinajstić information content (AvgIpc) is 2.40. The number of aliphatic hydroxyl groups is 1. The van der Waals surface area contributed by atoms with Gasteiger partial charge < -0.3 is 9.66 Å². The second-order valence-corrected chi connectivity index (χ2v) is 7.55. The molecule has 22 heavy (non-hydrogen) atoms. The number of aliphatic hydroxyl groups excluding tert-OH is 1. The first-order chi connectivity index (χ1) is 9.95. The molecule has 0 aliphatic rings. The van der Waals surface area contributed by atoms with Gasteiger partial charge in [-0.1, -0.05) is 71.1 Å². The third-order valence-corrected chi connectivity index (χ3v) is 4.61. The van der Waals surface area contributed by atoms with E-state index in [0.717, 1.165) is 51.4 Å². The van der Waals surface area contributed by atoms with Crippen molar-refractivity contribution in [3.63, 3.8) is 0 Å². The van der Waals surface area contributed by atoms with E-state index in [1.165, 1.54) is 25.7 Å². The Hall–Kier alpha value is 0.870. The molecule has 0 rings (SSSR count). The third-order valence-electron chi connectivity index (χ3n) is 3.82. The van der Waals surface area contributed by atoms with Gasteiger partial charge in [-0.3, -0.25) is 0 Å². The summed E-state index contributed by atoms with van der Waals surface area (Å²) in [4.78, 5) is 0. The molecule has 1 atom stereocenters. The van der Waals surface area contributed by atoms with Crippen molar-refractivity contribution in [2.24, 2.45) is 0 Å². The molecule has 0 saturated carbocycles. The summed E-state index contributed by atoms with van der Waals surface area (Å²) in [6.07, 6.45) is 13.3. The SMILES string of the molecule is CCCCCC(O)CCCCCCCCCCS(=O)(=O)[O-].[Na+]. The van der Waals surface area contributed by atoms with Crippen molar-refractivity contribution in [1.29, 1.82) is 0 Å². The van der Waals surface area contributed by atoms with Crippen molar-refractivity contribution in [2.45, 2.75) is 96.5 Å². The van der Waals surface area contributed by atoms with Crippen LogP contribution >= 0.6 is 0 Å². The van der Waals surface area contributed by atoms with E-state index in [-0.39, 0.29) is 41.4 Å². The molecule has 0 aliphatic heterocycles.